The van der Waals surface area contributed by atoms with Gasteiger partial charge in [0.2, 0.25) is 10.0 Å². The fourth-order valence-corrected chi connectivity index (χ4v) is 5.82. The number of nitrogens with zero attached hydrogens (tertiary/aromatic N) is 2. The monoisotopic (exact) mass is 543 g/mol. The Hall–Kier alpha value is -3.70. The van der Waals surface area contributed by atoms with Gasteiger partial charge in [-0.05, 0) is 49.2 Å². The molecule has 196 valence electrons. The molecule has 0 bridgehead atoms. The molecule has 0 spiro atoms. The molecule has 0 amide bonds. The third-order valence-corrected chi connectivity index (χ3v) is 7.93. The zero-order valence-corrected chi connectivity index (χ0v) is 22.9. The lowest BCUT2D eigenvalue weighted by Crippen LogP contribution is -2.24. The Labute approximate surface area is 216 Å². The molecule has 0 aliphatic rings. The van der Waals surface area contributed by atoms with Gasteiger partial charge in [0.15, 0.2) is 0 Å². The Bertz CT molecular complexity index is 1730. The lowest BCUT2D eigenvalue weighted by atomic mass is 10.0. The summed E-state index contributed by atoms with van der Waals surface area (Å²) in [4.78, 5) is 24.1. The molecule has 4 rings (SSSR count). The molecular weight excluding hydrogens is 514 g/mol. The van der Waals surface area contributed by atoms with Crippen molar-refractivity contribution in [3.63, 3.8) is 0 Å². The van der Waals surface area contributed by atoms with E-state index in [0.717, 1.165) is 10.2 Å². The molecular formula is C26H29N3O6S2. The molecule has 9 nitrogen and oxygen atoms in total. The van der Waals surface area contributed by atoms with Crippen molar-refractivity contribution in [3.8, 4) is 11.1 Å². The summed E-state index contributed by atoms with van der Waals surface area (Å²) in [7, 11) is -7.66. The molecule has 11 heteroatoms. The molecule has 4 aromatic rings. The molecule has 0 aliphatic heterocycles. The van der Waals surface area contributed by atoms with Gasteiger partial charge >= 0.3 is 0 Å². The van der Waals surface area contributed by atoms with Gasteiger partial charge in [0.1, 0.15) is 11.8 Å². The SMILES string of the molecule is CC.CCn1cc(-c2ccc(C)c(NS(C)(=O)=O)c2)c2ccn(S(=O)(=O)c3ccc(C=O)cc3)c2c1=O. The van der Waals surface area contributed by atoms with Crippen molar-refractivity contribution < 1.29 is 21.6 Å². The second kappa shape index (κ2) is 10.7. The van der Waals surface area contributed by atoms with Crippen LogP contribution < -0.4 is 10.3 Å². The van der Waals surface area contributed by atoms with Crippen LogP contribution in [0.2, 0.25) is 0 Å². The van der Waals surface area contributed by atoms with Gasteiger partial charge < -0.3 is 4.57 Å². The number of pyridine rings is 1. The molecule has 2 heterocycles. The number of nitrogens with one attached hydrogen (secondary N) is 1. The zero-order chi connectivity index (χ0) is 27.5. The maximum Gasteiger partial charge on any atom is 0.276 e. The Morgan fingerprint density at radius 3 is 2.19 bits per heavy atom. The minimum atomic E-state index is -4.14. The van der Waals surface area contributed by atoms with Crippen LogP contribution in [0.1, 0.15) is 36.7 Å². The van der Waals surface area contributed by atoms with Crippen molar-refractivity contribution in [1.82, 2.24) is 8.54 Å². The molecule has 0 radical (unpaired) electrons. The van der Waals surface area contributed by atoms with Crippen molar-refractivity contribution in [2.75, 3.05) is 11.0 Å². The predicted molar refractivity (Wildman–Crippen MR) is 146 cm³/mol. The Morgan fingerprint density at radius 1 is 0.973 bits per heavy atom. The average Bonchev–Trinajstić information content (AvgIpc) is 3.33. The van der Waals surface area contributed by atoms with Crippen LogP contribution in [0, 0.1) is 6.92 Å². The molecule has 2 aromatic heterocycles. The van der Waals surface area contributed by atoms with E-state index in [4.69, 9.17) is 0 Å². The summed E-state index contributed by atoms with van der Waals surface area (Å²) >= 11 is 0. The number of benzene rings is 2. The maximum atomic E-state index is 13.4. The van der Waals surface area contributed by atoms with Gasteiger partial charge in [-0.2, -0.15) is 0 Å². The first-order chi connectivity index (χ1) is 17.5. The van der Waals surface area contributed by atoms with Gasteiger partial charge in [0, 0.05) is 35.5 Å². The third-order valence-electron chi connectivity index (χ3n) is 5.65. The van der Waals surface area contributed by atoms with Crippen molar-refractivity contribution in [2.45, 2.75) is 39.1 Å². The molecule has 1 N–H and O–H groups in total. The van der Waals surface area contributed by atoms with Crippen molar-refractivity contribution in [1.29, 1.82) is 0 Å². The molecule has 0 unspecified atom stereocenters. The van der Waals surface area contributed by atoms with E-state index in [-0.39, 0.29) is 10.4 Å². The summed E-state index contributed by atoms with van der Waals surface area (Å²) in [5.41, 5.74) is 2.10. The number of aromatic nitrogens is 2. The van der Waals surface area contributed by atoms with Gasteiger partial charge in [-0.15, -0.1) is 0 Å². The van der Waals surface area contributed by atoms with Crippen LogP contribution in [-0.4, -0.2) is 37.9 Å². The van der Waals surface area contributed by atoms with E-state index in [9.17, 15) is 26.4 Å². The van der Waals surface area contributed by atoms with Crippen LogP contribution in [0.15, 0.2) is 70.6 Å². The van der Waals surface area contributed by atoms with Crippen LogP contribution in [0.3, 0.4) is 0 Å². The number of hydrogen-bond donors (Lipinski definition) is 1. The smallest absolute Gasteiger partial charge is 0.276 e. The zero-order valence-electron chi connectivity index (χ0n) is 21.2. The first kappa shape index (κ1) is 27.9. The lowest BCUT2D eigenvalue weighted by Gasteiger charge is -2.14. The molecule has 0 atom stereocenters. The van der Waals surface area contributed by atoms with Crippen molar-refractivity contribution >= 4 is 42.9 Å². The molecule has 37 heavy (non-hydrogen) atoms. The summed E-state index contributed by atoms with van der Waals surface area (Å²) in [5.74, 6) is 0. The minimum absolute atomic E-state index is 0.0259. The average molecular weight is 544 g/mol. The van der Waals surface area contributed by atoms with E-state index in [1.807, 2.05) is 13.8 Å². The van der Waals surface area contributed by atoms with Crippen LogP contribution in [-0.2, 0) is 26.6 Å². The largest absolute Gasteiger partial charge is 0.313 e. The normalized spacial score (nSPS) is 11.6. The highest BCUT2D eigenvalue weighted by Gasteiger charge is 2.23. The van der Waals surface area contributed by atoms with Gasteiger partial charge in [-0.3, -0.25) is 14.3 Å². The van der Waals surface area contributed by atoms with Crippen molar-refractivity contribution in [2.24, 2.45) is 0 Å². The highest BCUT2D eigenvalue weighted by atomic mass is 32.2. The fraction of sp³-hybridized carbons (Fsp3) is 0.231. The van der Waals surface area contributed by atoms with Crippen LogP contribution in [0.5, 0.6) is 0 Å². The first-order valence-electron chi connectivity index (χ1n) is 11.6. The third kappa shape index (κ3) is 5.52. The second-order valence-electron chi connectivity index (χ2n) is 8.10. The molecule has 0 saturated heterocycles. The summed E-state index contributed by atoms with van der Waals surface area (Å²) < 4.78 is 55.3. The topological polar surface area (TPSA) is 124 Å². The Morgan fingerprint density at radius 2 is 1.62 bits per heavy atom. The molecule has 0 fully saturated rings. The number of carbonyl (C=O) groups excluding carboxylic acids is 1. The van der Waals surface area contributed by atoms with E-state index < -0.39 is 25.6 Å². The standard InChI is InChI=1S/C24H23N3O6S2.C2H6/c1-4-26-14-21(18-8-5-16(2)22(13-18)25-34(3,30)31)20-11-12-27(23(20)24(26)29)35(32,33)19-9-6-17(15-28)7-10-19;1-2/h5-15,25H,4H2,1-3H3;1-2H3. The van der Waals surface area contributed by atoms with Crippen LogP contribution in [0.25, 0.3) is 22.0 Å². The van der Waals surface area contributed by atoms with Crippen LogP contribution in [0.4, 0.5) is 5.69 Å². The van der Waals surface area contributed by atoms with Gasteiger partial charge in [0.25, 0.3) is 15.6 Å². The Kier molecular flexibility index (Phi) is 8.09. The van der Waals surface area contributed by atoms with Gasteiger partial charge in [-0.25, -0.2) is 20.8 Å². The number of rotatable bonds is 7. The first-order valence-corrected chi connectivity index (χ1v) is 14.9. The fourth-order valence-electron chi connectivity index (χ4n) is 3.86. The van der Waals surface area contributed by atoms with Crippen molar-refractivity contribution in [3.05, 3.63) is 82.4 Å². The molecule has 2 aromatic carbocycles. The number of fused-ring (bicyclic) bond motifs is 1. The quantitative estimate of drug-likeness (QED) is 0.348. The number of aldehydes is 1. The maximum absolute atomic E-state index is 13.4. The van der Waals surface area contributed by atoms with Gasteiger partial charge in [0.05, 0.1) is 16.8 Å². The van der Waals surface area contributed by atoms with Gasteiger partial charge in [-0.1, -0.05) is 38.1 Å². The number of hydrogen-bond acceptors (Lipinski definition) is 6. The van der Waals surface area contributed by atoms with E-state index in [1.54, 1.807) is 44.3 Å². The van der Waals surface area contributed by atoms with E-state index in [0.29, 0.717) is 46.2 Å². The van der Waals surface area contributed by atoms with E-state index in [2.05, 4.69) is 4.72 Å². The van der Waals surface area contributed by atoms with E-state index in [1.165, 1.54) is 35.0 Å². The summed E-state index contributed by atoms with van der Waals surface area (Å²) in [6.07, 6.45) is 4.63. The Balaban J connectivity index is 0.00000186. The van der Waals surface area contributed by atoms with Crippen LogP contribution >= 0.6 is 0 Å². The summed E-state index contributed by atoms with van der Waals surface area (Å²) in [6, 6.07) is 12.2. The minimum Gasteiger partial charge on any atom is -0.313 e. The number of aryl methyl sites for hydroxylation is 2. The molecule has 0 aliphatic carbocycles. The lowest BCUT2D eigenvalue weighted by molar-refractivity contribution is 0.112. The highest BCUT2D eigenvalue weighted by Crippen LogP contribution is 2.32. The molecule has 0 saturated carbocycles. The highest BCUT2D eigenvalue weighted by molar-refractivity contribution is 7.92. The number of carbonyl (C=O) groups is 1. The summed E-state index contributed by atoms with van der Waals surface area (Å²) in [6.45, 7) is 7.82. The summed E-state index contributed by atoms with van der Waals surface area (Å²) in [5, 5.41) is 0.405. The predicted octanol–water partition coefficient (Wildman–Crippen LogP) is 4.25. The van der Waals surface area contributed by atoms with E-state index >= 15 is 0 Å². The number of anilines is 1. The number of sulfonamides is 1. The second-order valence-corrected chi connectivity index (χ2v) is 11.7.